The van der Waals surface area contributed by atoms with Gasteiger partial charge in [-0.1, -0.05) is 0 Å². The Balaban J connectivity index is 2.88. The molecule has 0 fully saturated rings. The molecule has 0 atom stereocenters. The van der Waals surface area contributed by atoms with E-state index >= 15 is 0 Å². The minimum Gasteiger partial charge on any atom is -0.508 e. The van der Waals surface area contributed by atoms with Crippen LogP contribution in [0.2, 0.25) is 0 Å². The summed E-state index contributed by atoms with van der Waals surface area (Å²) in [5.74, 6) is 0.133. The van der Waals surface area contributed by atoms with E-state index in [1.807, 2.05) is 0 Å². The first-order valence-electron chi connectivity index (χ1n) is 2.48. The lowest BCUT2D eigenvalue weighted by molar-refractivity contribution is 0.475. The van der Waals surface area contributed by atoms with Crippen LogP contribution in [0.5, 0.6) is 5.75 Å². The summed E-state index contributed by atoms with van der Waals surface area (Å²) < 4.78 is 11.5. The van der Waals surface area contributed by atoms with Gasteiger partial charge in [-0.25, -0.2) is 5.54 Å². The molecule has 1 aromatic carbocycles. The van der Waals surface area contributed by atoms with Crippen LogP contribution in [0.1, 0.15) is 0 Å². The number of nitrogens with one attached hydrogen (secondary N) is 1. The summed E-state index contributed by atoms with van der Waals surface area (Å²) >= 11 is 0. The van der Waals surface area contributed by atoms with E-state index in [0.717, 1.165) is 0 Å². The maximum absolute atomic E-state index is 11.5. The summed E-state index contributed by atoms with van der Waals surface area (Å²) in [5.41, 5.74) is 1.78. The molecule has 0 aliphatic carbocycles. The fraction of sp³-hybridized carbons (Fsp3) is 0. The van der Waals surface area contributed by atoms with Gasteiger partial charge in [0.15, 0.2) is 0 Å². The highest BCUT2D eigenvalue weighted by atomic mass is 19.2. The van der Waals surface area contributed by atoms with Gasteiger partial charge < -0.3 is 5.11 Å². The zero-order chi connectivity index (χ0) is 6.69. The molecule has 0 radical (unpaired) electrons. The molecular formula is C6H6FNO. The zero-order valence-electron chi connectivity index (χ0n) is 4.63. The van der Waals surface area contributed by atoms with Crippen LogP contribution in [0.3, 0.4) is 0 Å². The summed E-state index contributed by atoms with van der Waals surface area (Å²) in [4.78, 5) is 0. The Kier molecular flexibility index (Phi) is 1.53. The highest BCUT2D eigenvalue weighted by molar-refractivity contribution is 5.43. The molecule has 0 heterocycles. The molecule has 0 spiro atoms. The van der Waals surface area contributed by atoms with E-state index in [0.29, 0.717) is 5.69 Å². The summed E-state index contributed by atoms with van der Waals surface area (Å²) in [5, 5.41) is 8.70. The van der Waals surface area contributed by atoms with Crippen molar-refractivity contribution in [3.63, 3.8) is 0 Å². The van der Waals surface area contributed by atoms with E-state index in [4.69, 9.17) is 5.11 Å². The second-order valence-corrected chi connectivity index (χ2v) is 1.64. The number of hydrogen-bond acceptors (Lipinski definition) is 2. The number of rotatable bonds is 1. The van der Waals surface area contributed by atoms with Crippen molar-refractivity contribution in [2.75, 3.05) is 5.54 Å². The van der Waals surface area contributed by atoms with Crippen molar-refractivity contribution < 1.29 is 9.59 Å². The van der Waals surface area contributed by atoms with Crippen LogP contribution in [0.15, 0.2) is 24.3 Å². The fourth-order valence-corrected chi connectivity index (χ4v) is 0.524. The van der Waals surface area contributed by atoms with Gasteiger partial charge in [0.25, 0.3) is 0 Å². The first-order chi connectivity index (χ1) is 4.33. The van der Waals surface area contributed by atoms with Gasteiger partial charge >= 0.3 is 0 Å². The third kappa shape index (κ3) is 1.32. The minimum absolute atomic E-state index is 0.133. The van der Waals surface area contributed by atoms with Crippen LogP contribution in [-0.4, -0.2) is 5.11 Å². The molecule has 9 heavy (non-hydrogen) atoms. The lowest BCUT2D eigenvalue weighted by Gasteiger charge is -1.93. The molecule has 3 heteroatoms. The van der Waals surface area contributed by atoms with Gasteiger partial charge in [0, 0.05) is 0 Å². The summed E-state index contributed by atoms with van der Waals surface area (Å²) in [7, 11) is 0. The van der Waals surface area contributed by atoms with Crippen molar-refractivity contribution in [2.45, 2.75) is 0 Å². The molecule has 0 aromatic heterocycles. The van der Waals surface area contributed by atoms with Gasteiger partial charge in [0.1, 0.15) is 5.75 Å². The van der Waals surface area contributed by atoms with E-state index in [-0.39, 0.29) is 5.75 Å². The summed E-state index contributed by atoms with van der Waals surface area (Å²) in [6.45, 7) is 0. The predicted octanol–water partition coefficient (Wildman–Crippen LogP) is 1.69. The molecule has 1 rings (SSSR count). The van der Waals surface area contributed by atoms with Gasteiger partial charge in [-0.2, -0.15) is 0 Å². The number of anilines is 1. The standard InChI is InChI=1S/C6H6FNO/c7-8-5-1-3-6(9)4-2-5/h1-4,8-9H. The second-order valence-electron chi connectivity index (χ2n) is 1.64. The Morgan fingerprint density at radius 3 is 2.22 bits per heavy atom. The third-order valence-corrected chi connectivity index (χ3v) is 0.976. The number of hydrogen-bond donors (Lipinski definition) is 2. The van der Waals surface area contributed by atoms with Gasteiger partial charge in [0.2, 0.25) is 0 Å². The number of phenols is 1. The highest BCUT2D eigenvalue weighted by Crippen LogP contribution is 2.12. The first-order valence-corrected chi connectivity index (χ1v) is 2.48. The lowest BCUT2D eigenvalue weighted by Crippen LogP contribution is -1.78. The van der Waals surface area contributed by atoms with Crippen LogP contribution in [0.25, 0.3) is 0 Å². The largest absolute Gasteiger partial charge is 0.508 e. The lowest BCUT2D eigenvalue weighted by atomic mass is 10.3. The van der Waals surface area contributed by atoms with Crippen molar-refractivity contribution >= 4 is 5.69 Å². The maximum Gasteiger partial charge on any atom is 0.115 e. The van der Waals surface area contributed by atoms with Crippen molar-refractivity contribution in [3.05, 3.63) is 24.3 Å². The Labute approximate surface area is 51.9 Å². The highest BCUT2D eigenvalue weighted by Gasteiger charge is 1.87. The van der Waals surface area contributed by atoms with Gasteiger partial charge in [-0.15, -0.1) is 4.48 Å². The molecule has 0 unspecified atom stereocenters. The SMILES string of the molecule is Oc1ccc(NF)cc1. The van der Waals surface area contributed by atoms with Gasteiger partial charge in [-0.05, 0) is 24.3 Å². The van der Waals surface area contributed by atoms with Crippen LogP contribution in [0, 0.1) is 0 Å². The quantitative estimate of drug-likeness (QED) is 0.444. The van der Waals surface area contributed by atoms with Crippen LogP contribution >= 0.6 is 0 Å². The fourth-order valence-electron chi connectivity index (χ4n) is 0.524. The normalized spacial score (nSPS) is 9.00. The number of aromatic hydroxyl groups is 1. The molecule has 0 aliphatic heterocycles. The zero-order valence-corrected chi connectivity index (χ0v) is 4.63. The topological polar surface area (TPSA) is 32.3 Å². The van der Waals surface area contributed by atoms with Crippen molar-refractivity contribution in [3.8, 4) is 5.75 Å². The Hall–Kier alpha value is -1.25. The number of benzene rings is 1. The van der Waals surface area contributed by atoms with Crippen molar-refractivity contribution in [2.24, 2.45) is 0 Å². The molecule has 2 N–H and O–H groups in total. The van der Waals surface area contributed by atoms with E-state index in [2.05, 4.69) is 0 Å². The second kappa shape index (κ2) is 2.35. The third-order valence-electron chi connectivity index (χ3n) is 0.976. The molecule has 0 bridgehead atoms. The van der Waals surface area contributed by atoms with Gasteiger partial charge in [-0.3, -0.25) is 0 Å². The molecule has 0 aliphatic rings. The smallest absolute Gasteiger partial charge is 0.115 e. The van der Waals surface area contributed by atoms with E-state index in [1.165, 1.54) is 29.8 Å². The Morgan fingerprint density at radius 1 is 1.22 bits per heavy atom. The van der Waals surface area contributed by atoms with E-state index < -0.39 is 0 Å². The minimum atomic E-state index is 0.133. The Morgan fingerprint density at radius 2 is 1.78 bits per heavy atom. The van der Waals surface area contributed by atoms with E-state index in [9.17, 15) is 4.48 Å². The van der Waals surface area contributed by atoms with E-state index in [1.54, 1.807) is 0 Å². The maximum atomic E-state index is 11.5. The number of halogens is 1. The van der Waals surface area contributed by atoms with Gasteiger partial charge in [0.05, 0.1) is 5.69 Å². The van der Waals surface area contributed by atoms with Crippen LogP contribution < -0.4 is 5.54 Å². The predicted molar refractivity (Wildman–Crippen MR) is 32.8 cm³/mol. The Bertz CT molecular complexity index is 185. The average Bonchev–Trinajstić information content (AvgIpc) is 1.90. The average molecular weight is 127 g/mol. The molecule has 0 saturated heterocycles. The van der Waals surface area contributed by atoms with Crippen molar-refractivity contribution in [1.29, 1.82) is 0 Å². The number of phenolic OH excluding ortho intramolecular Hbond substituents is 1. The molecule has 2 nitrogen and oxygen atoms in total. The summed E-state index contributed by atoms with van der Waals surface area (Å²) in [6, 6.07) is 5.69. The molecule has 0 saturated carbocycles. The molecule has 0 amide bonds. The van der Waals surface area contributed by atoms with Crippen LogP contribution in [-0.2, 0) is 0 Å². The molecule has 48 valence electrons. The first kappa shape index (κ1) is 5.88. The monoisotopic (exact) mass is 127 g/mol. The molecular weight excluding hydrogens is 121 g/mol. The van der Waals surface area contributed by atoms with Crippen molar-refractivity contribution in [1.82, 2.24) is 0 Å². The summed E-state index contributed by atoms with van der Waals surface area (Å²) in [6.07, 6.45) is 0. The van der Waals surface area contributed by atoms with Crippen LogP contribution in [0.4, 0.5) is 10.2 Å². The molecule has 1 aromatic rings.